The van der Waals surface area contributed by atoms with Crippen LogP contribution in [0, 0.1) is 0 Å². The number of aryl methyl sites for hydroxylation is 1. The van der Waals surface area contributed by atoms with Crippen molar-refractivity contribution in [3.05, 3.63) is 30.4 Å². The number of imidazole rings is 1. The van der Waals surface area contributed by atoms with Gasteiger partial charge in [0.05, 0.1) is 17.4 Å². The van der Waals surface area contributed by atoms with Gasteiger partial charge in [-0.2, -0.15) is 0 Å². The van der Waals surface area contributed by atoms with Crippen LogP contribution < -0.4 is 5.73 Å². The zero-order valence-corrected chi connectivity index (χ0v) is 7.70. The summed E-state index contributed by atoms with van der Waals surface area (Å²) in [6.45, 7) is 2.15. The predicted octanol–water partition coefficient (Wildman–Crippen LogP) is 1.87. The average Bonchev–Trinajstić information content (AvgIpc) is 2.51. The molecule has 0 aromatic carbocycles. The number of anilines is 1. The predicted molar refractivity (Wildman–Crippen MR) is 53.6 cm³/mol. The smallest absolute Gasteiger partial charge is 0.113 e. The first kappa shape index (κ1) is 8.10. The van der Waals surface area contributed by atoms with E-state index in [1.54, 1.807) is 0 Å². The highest BCUT2D eigenvalue weighted by atomic mass is 15.0. The maximum atomic E-state index is 5.80. The quantitative estimate of drug-likeness (QED) is 0.757. The lowest BCUT2D eigenvalue weighted by atomic mass is 10.3. The summed E-state index contributed by atoms with van der Waals surface area (Å²) in [5, 5.41) is 0. The molecule has 0 atom stereocenters. The highest BCUT2D eigenvalue weighted by molar-refractivity contribution is 5.68. The minimum Gasteiger partial charge on any atom is -0.397 e. The van der Waals surface area contributed by atoms with Crippen molar-refractivity contribution in [1.82, 2.24) is 9.38 Å². The van der Waals surface area contributed by atoms with Gasteiger partial charge in [0.2, 0.25) is 0 Å². The van der Waals surface area contributed by atoms with E-state index in [0.717, 1.165) is 29.9 Å². The van der Waals surface area contributed by atoms with Crippen molar-refractivity contribution in [1.29, 1.82) is 0 Å². The van der Waals surface area contributed by atoms with Crippen LogP contribution in [-0.4, -0.2) is 9.38 Å². The second-order valence-electron chi connectivity index (χ2n) is 3.14. The van der Waals surface area contributed by atoms with Crippen molar-refractivity contribution >= 4 is 11.2 Å². The molecule has 2 heterocycles. The second-order valence-corrected chi connectivity index (χ2v) is 3.14. The van der Waals surface area contributed by atoms with Gasteiger partial charge in [0.25, 0.3) is 0 Å². The maximum Gasteiger partial charge on any atom is 0.113 e. The first-order valence-corrected chi connectivity index (χ1v) is 4.53. The Labute approximate surface area is 77.2 Å². The van der Waals surface area contributed by atoms with Crippen LogP contribution in [0.3, 0.4) is 0 Å². The molecule has 68 valence electrons. The molecule has 0 saturated heterocycles. The van der Waals surface area contributed by atoms with Gasteiger partial charge in [0, 0.05) is 12.6 Å². The molecule has 0 bridgehead atoms. The molecule has 13 heavy (non-hydrogen) atoms. The highest BCUT2D eigenvalue weighted by Crippen LogP contribution is 2.14. The van der Waals surface area contributed by atoms with Crippen molar-refractivity contribution < 1.29 is 0 Å². The molecule has 2 rings (SSSR count). The number of nitrogens with zero attached hydrogens (tertiary/aromatic N) is 2. The van der Waals surface area contributed by atoms with Crippen LogP contribution in [0.1, 0.15) is 19.2 Å². The van der Waals surface area contributed by atoms with E-state index in [1.807, 2.05) is 24.5 Å². The number of nitrogen functional groups attached to an aromatic ring is 1. The molecular formula is C10H13N3. The summed E-state index contributed by atoms with van der Waals surface area (Å²) in [6, 6.07) is 3.84. The maximum absolute atomic E-state index is 5.80. The average molecular weight is 175 g/mol. The largest absolute Gasteiger partial charge is 0.397 e. The van der Waals surface area contributed by atoms with E-state index in [2.05, 4.69) is 16.3 Å². The van der Waals surface area contributed by atoms with E-state index in [1.165, 1.54) is 0 Å². The zero-order chi connectivity index (χ0) is 9.26. The normalized spacial score (nSPS) is 10.8. The van der Waals surface area contributed by atoms with Crippen LogP contribution in [0.25, 0.3) is 5.52 Å². The molecule has 2 N–H and O–H groups in total. The molecule has 3 nitrogen and oxygen atoms in total. The van der Waals surface area contributed by atoms with E-state index in [9.17, 15) is 0 Å². The molecule has 3 heteroatoms. The van der Waals surface area contributed by atoms with E-state index in [-0.39, 0.29) is 0 Å². The summed E-state index contributed by atoms with van der Waals surface area (Å²) in [5.41, 5.74) is 7.60. The third-order valence-corrected chi connectivity index (χ3v) is 2.15. The fourth-order valence-electron chi connectivity index (χ4n) is 1.51. The molecule has 0 aliphatic heterocycles. The van der Waals surface area contributed by atoms with E-state index >= 15 is 0 Å². The molecule has 0 unspecified atom stereocenters. The summed E-state index contributed by atoms with van der Waals surface area (Å²) in [5.74, 6) is 1.09. The summed E-state index contributed by atoms with van der Waals surface area (Å²) < 4.78 is 2.05. The minimum absolute atomic E-state index is 0.789. The molecule has 0 saturated carbocycles. The fraction of sp³-hybridized carbons (Fsp3) is 0.300. The van der Waals surface area contributed by atoms with E-state index < -0.39 is 0 Å². The van der Waals surface area contributed by atoms with Gasteiger partial charge in [-0.05, 0) is 18.6 Å². The van der Waals surface area contributed by atoms with Gasteiger partial charge >= 0.3 is 0 Å². The van der Waals surface area contributed by atoms with Crippen LogP contribution in [-0.2, 0) is 6.42 Å². The van der Waals surface area contributed by atoms with Crippen LogP contribution in [0.5, 0.6) is 0 Å². The van der Waals surface area contributed by atoms with Crippen LogP contribution in [0.4, 0.5) is 5.69 Å². The SMILES string of the molecule is CCCc1ncc2c(N)cccn12. The Morgan fingerprint density at radius 3 is 3.15 bits per heavy atom. The van der Waals surface area contributed by atoms with Gasteiger partial charge < -0.3 is 10.1 Å². The van der Waals surface area contributed by atoms with Crippen LogP contribution >= 0.6 is 0 Å². The number of hydrogen-bond acceptors (Lipinski definition) is 2. The van der Waals surface area contributed by atoms with Crippen LogP contribution in [0.15, 0.2) is 24.5 Å². The molecular weight excluding hydrogens is 162 g/mol. The lowest BCUT2D eigenvalue weighted by Gasteiger charge is -2.00. The Bertz CT molecular complexity index is 417. The topological polar surface area (TPSA) is 43.3 Å². The summed E-state index contributed by atoms with van der Waals surface area (Å²) in [7, 11) is 0. The first-order chi connectivity index (χ1) is 6.33. The summed E-state index contributed by atoms with van der Waals surface area (Å²) >= 11 is 0. The van der Waals surface area contributed by atoms with Crippen molar-refractivity contribution in [2.24, 2.45) is 0 Å². The van der Waals surface area contributed by atoms with Crippen molar-refractivity contribution in [2.45, 2.75) is 19.8 Å². The summed E-state index contributed by atoms with van der Waals surface area (Å²) in [6.07, 6.45) is 5.94. The molecule has 0 aliphatic carbocycles. The first-order valence-electron chi connectivity index (χ1n) is 4.53. The Balaban J connectivity index is 2.61. The van der Waals surface area contributed by atoms with Gasteiger partial charge in [-0.15, -0.1) is 0 Å². The van der Waals surface area contributed by atoms with Gasteiger partial charge in [0.1, 0.15) is 5.82 Å². The lowest BCUT2D eigenvalue weighted by Crippen LogP contribution is -1.95. The number of fused-ring (bicyclic) bond motifs is 1. The molecule has 0 amide bonds. The van der Waals surface area contributed by atoms with E-state index in [4.69, 9.17) is 5.73 Å². The van der Waals surface area contributed by atoms with Gasteiger partial charge in [-0.25, -0.2) is 4.98 Å². The molecule has 0 fully saturated rings. The highest BCUT2D eigenvalue weighted by Gasteiger charge is 2.03. The number of aromatic nitrogens is 2. The third-order valence-electron chi connectivity index (χ3n) is 2.15. The van der Waals surface area contributed by atoms with Crippen LogP contribution in [0.2, 0.25) is 0 Å². The number of pyridine rings is 1. The number of rotatable bonds is 2. The minimum atomic E-state index is 0.789. The summed E-state index contributed by atoms with van der Waals surface area (Å²) in [4.78, 5) is 4.33. The molecule has 0 aliphatic rings. The molecule has 0 spiro atoms. The molecule has 2 aromatic heterocycles. The standard InChI is InChI=1S/C10H13N3/c1-2-4-10-12-7-9-8(11)5-3-6-13(9)10/h3,5-7H,2,4,11H2,1H3. The Hall–Kier alpha value is -1.51. The zero-order valence-electron chi connectivity index (χ0n) is 7.70. The monoisotopic (exact) mass is 175 g/mol. The molecule has 0 radical (unpaired) electrons. The Morgan fingerprint density at radius 2 is 2.38 bits per heavy atom. The molecule has 2 aromatic rings. The van der Waals surface area contributed by atoms with Gasteiger partial charge in [0.15, 0.2) is 0 Å². The Morgan fingerprint density at radius 1 is 1.54 bits per heavy atom. The van der Waals surface area contributed by atoms with Gasteiger partial charge in [-0.3, -0.25) is 0 Å². The van der Waals surface area contributed by atoms with Crippen molar-refractivity contribution in [2.75, 3.05) is 5.73 Å². The third kappa shape index (κ3) is 1.26. The van der Waals surface area contributed by atoms with E-state index in [0.29, 0.717) is 0 Å². The number of nitrogens with two attached hydrogens (primary N) is 1. The van der Waals surface area contributed by atoms with Gasteiger partial charge in [-0.1, -0.05) is 6.92 Å². The lowest BCUT2D eigenvalue weighted by molar-refractivity contribution is 0.831. The number of hydrogen-bond donors (Lipinski definition) is 1. The van der Waals surface area contributed by atoms with Crippen molar-refractivity contribution in [3.63, 3.8) is 0 Å². The Kier molecular flexibility index (Phi) is 1.93. The second kappa shape index (κ2) is 3.09. The fourth-order valence-corrected chi connectivity index (χ4v) is 1.51. The van der Waals surface area contributed by atoms with Crippen molar-refractivity contribution in [3.8, 4) is 0 Å².